The summed E-state index contributed by atoms with van der Waals surface area (Å²) in [5, 5.41) is 30.7. The molecule has 2 aliphatic carbocycles. The van der Waals surface area contributed by atoms with Crippen molar-refractivity contribution in [2.24, 2.45) is 23.7 Å². The summed E-state index contributed by atoms with van der Waals surface area (Å²) >= 11 is 0. The zero-order chi connectivity index (χ0) is 21.4. The first-order chi connectivity index (χ1) is 13.8. The fourth-order valence-corrected chi connectivity index (χ4v) is 4.97. The van der Waals surface area contributed by atoms with E-state index in [9.17, 15) is 20.1 Å². The fourth-order valence-electron chi connectivity index (χ4n) is 4.97. The van der Waals surface area contributed by atoms with E-state index < -0.39 is 24.6 Å². The van der Waals surface area contributed by atoms with E-state index in [4.69, 9.17) is 4.74 Å². The number of aliphatic hydroxyl groups is 2. The molecule has 30 heavy (non-hydrogen) atoms. The van der Waals surface area contributed by atoms with Gasteiger partial charge in [0.25, 0.3) is 0 Å². The number of carboxylic acids is 1. The summed E-state index contributed by atoms with van der Waals surface area (Å²) in [7, 11) is 0. The predicted molar refractivity (Wildman–Crippen MR) is 112 cm³/mol. The third-order valence-corrected chi connectivity index (χ3v) is 6.50. The van der Waals surface area contributed by atoms with Gasteiger partial charge >= 0.3 is 29.6 Å². The van der Waals surface area contributed by atoms with Gasteiger partial charge in [-0.05, 0) is 61.9 Å². The maximum Gasteiger partial charge on any atom is 1.00 e. The first-order valence-corrected chi connectivity index (χ1v) is 11.4. The molecule has 0 spiro atoms. The molecule has 0 radical (unpaired) electrons. The van der Waals surface area contributed by atoms with E-state index in [-0.39, 0.29) is 42.1 Å². The van der Waals surface area contributed by atoms with Crippen molar-refractivity contribution < 1.29 is 54.4 Å². The van der Waals surface area contributed by atoms with E-state index in [1.807, 2.05) is 0 Å². The minimum atomic E-state index is -1.29. The summed E-state index contributed by atoms with van der Waals surface area (Å²) in [6.45, 7) is 7.47. The molecule has 2 rings (SSSR count). The summed E-state index contributed by atoms with van der Waals surface area (Å²) in [5.41, 5.74) is 1.36. The van der Waals surface area contributed by atoms with Gasteiger partial charge < -0.3 is 24.9 Å². The molecule has 0 heterocycles. The fraction of sp³-hybridized carbons (Fsp3) is 0.792. The van der Waals surface area contributed by atoms with Crippen LogP contribution in [0, 0.1) is 23.7 Å². The van der Waals surface area contributed by atoms with Crippen LogP contribution in [-0.2, 0) is 9.53 Å². The standard InChI is InChI=1S/C24H40O5.Na/c1-4-6-16(2)15-29-22-8-5-7-18-10-9-17(3)21(24(18)22)12-11-19(25)13-20(26)14-23(27)28;/h7,9-10,16-17,19-22,24-26H,4-6,8,11-15H2,1-3H3,(H,27,28);/q;+1/p-1/t16?,17-,19-,20-,21+,22+,24+;/m1./s1. The van der Waals surface area contributed by atoms with Gasteiger partial charge in [-0.3, -0.25) is 0 Å². The summed E-state index contributed by atoms with van der Waals surface area (Å²) in [6.07, 6.45) is 10.8. The van der Waals surface area contributed by atoms with E-state index in [0.717, 1.165) is 25.9 Å². The zero-order valence-electron chi connectivity index (χ0n) is 19.3. The maximum absolute atomic E-state index is 10.6. The molecule has 0 amide bonds. The van der Waals surface area contributed by atoms with Gasteiger partial charge in [-0.25, -0.2) is 0 Å². The van der Waals surface area contributed by atoms with E-state index >= 15 is 0 Å². The molecule has 0 saturated heterocycles. The van der Waals surface area contributed by atoms with Crippen molar-refractivity contribution in [2.45, 2.75) is 90.4 Å². The Hall–Kier alpha value is -0.170. The molecule has 166 valence electrons. The van der Waals surface area contributed by atoms with E-state index in [1.54, 1.807) is 0 Å². The van der Waals surface area contributed by atoms with Crippen LogP contribution < -0.4 is 34.7 Å². The third kappa shape index (κ3) is 8.76. The third-order valence-electron chi connectivity index (χ3n) is 6.50. The van der Waals surface area contributed by atoms with Crippen LogP contribution in [0.25, 0.3) is 0 Å². The molecule has 7 atom stereocenters. The van der Waals surface area contributed by atoms with Gasteiger partial charge in [-0.15, -0.1) is 0 Å². The number of hydrogen-bond donors (Lipinski definition) is 2. The SMILES string of the molecule is CCCC(C)CO[C@H]1CCC=C2C=C[C@@H](C)[C@H](CC[C@@H](O)C[C@@H](O)CC(=O)[O-])[C@H]21.[Na+]. The number of rotatable bonds is 12. The number of allylic oxidation sites excluding steroid dienone is 3. The van der Waals surface area contributed by atoms with Gasteiger partial charge in [-0.1, -0.05) is 45.4 Å². The van der Waals surface area contributed by atoms with Gasteiger partial charge in [0.15, 0.2) is 0 Å². The Kier molecular flexibility index (Phi) is 13.1. The van der Waals surface area contributed by atoms with Crippen molar-refractivity contribution in [1.29, 1.82) is 0 Å². The quantitative estimate of drug-likeness (QED) is 0.426. The second kappa shape index (κ2) is 14.1. The van der Waals surface area contributed by atoms with Crippen molar-refractivity contribution in [3.8, 4) is 0 Å². The van der Waals surface area contributed by atoms with Crippen molar-refractivity contribution in [3.05, 3.63) is 23.8 Å². The van der Waals surface area contributed by atoms with Crippen molar-refractivity contribution in [3.63, 3.8) is 0 Å². The average molecular weight is 431 g/mol. The van der Waals surface area contributed by atoms with E-state index in [2.05, 4.69) is 39.0 Å². The molecular weight excluding hydrogens is 391 g/mol. The molecule has 6 heteroatoms. The minimum Gasteiger partial charge on any atom is -0.550 e. The molecule has 2 N–H and O–H groups in total. The maximum atomic E-state index is 10.6. The number of aliphatic hydroxyl groups excluding tert-OH is 2. The zero-order valence-corrected chi connectivity index (χ0v) is 21.3. The summed E-state index contributed by atoms with van der Waals surface area (Å²) in [5.74, 6) is 0.403. The Bertz CT molecular complexity index is 576. The number of hydrogen-bond acceptors (Lipinski definition) is 5. The normalized spacial score (nSPS) is 28.6. The van der Waals surface area contributed by atoms with Gasteiger partial charge in [0.1, 0.15) is 0 Å². The molecular formula is C24H39NaO5. The monoisotopic (exact) mass is 430 g/mol. The average Bonchev–Trinajstić information content (AvgIpc) is 2.65. The number of carbonyl (C=O) groups is 1. The topological polar surface area (TPSA) is 89.8 Å². The first-order valence-electron chi connectivity index (χ1n) is 11.4. The summed E-state index contributed by atoms with van der Waals surface area (Å²) in [6, 6.07) is 0. The van der Waals surface area contributed by atoms with Gasteiger partial charge in [0, 0.05) is 24.9 Å². The Balaban J connectivity index is 0.00000450. The Morgan fingerprint density at radius 2 is 2.03 bits per heavy atom. The van der Waals surface area contributed by atoms with Gasteiger partial charge in [0.2, 0.25) is 0 Å². The molecule has 0 aliphatic heterocycles. The number of carboxylic acid groups (broad SMARTS) is 1. The second-order valence-electron chi connectivity index (χ2n) is 9.15. The number of fused-ring (bicyclic) bond motifs is 1. The van der Waals surface area contributed by atoms with Crippen LogP contribution >= 0.6 is 0 Å². The van der Waals surface area contributed by atoms with Gasteiger partial charge in [0.05, 0.1) is 18.3 Å². The molecule has 0 bridgehead atoms. The van der Waals surface area contributed by atoms with E-state index in [1.165, 1.54) is 18.4 Å². The molecule has 2 aliphatic rings. The van der Waals surface area contributed by atoms with Crippen LogP contribution in [0.1, 0.15) is 72.1 Å². The van der Waals surface area contributed by atoms with Crippen LogP contribution in [0.15, 0.2) is 23.8 Å². The van der Waals surface area contributed by atoms with Crippen molar-refractivity contribution in [1.82, 2.24) is 0 Å². The minimum absolute atomic E-state index is 0. The van der Waals surface area contributed by atoms with Crippen LogP contribution in [-0.4, -0.2) is 41.1 Å². The van der Waals surface area contributed by atoms with Gasteiger partial charge in [-0.2, -0.15) is 0 Å². The van der Waals surface area contributed by atoms with E-state index in [0.29, 0.717) is 30.1 Å². The predicted octanol–water partition coefficient (Wildman–Crippen LogP) is 0.00240. The van der Waals surface area contributed by atoms with Crippen molar-refractivity contribution in [2.75, 3.05) is 6.61 Å². The molecule has 0 aromatic carbocycles. The van der Waals surface area contributed by atoms with Crippen LogP contribution in [0.3, 0.4) is 0 Å². The Morgan fingerprint density at radius 1 is 1.30 bits per heavy atom. The second-order valence-corrected chi connectivity index (χ2v) is 9.15. The molecule has 0 aromatic heterocycles. The molecule has 1 unspecified atom stereocenters. The van der Waals surface area contributed by atoms with Crippen LogP contribution in [0.4, 0.5) is 0 Å². The summed E-state index contributed by atoms with van der Waals surface area (Å²) in [4.78, 5) is 10.6. The van der Waals surface area contributed by atoms with Crippen LogP contribution in [0.2, 0.25) is 0 Å². The smallest absolute Gasteiger partial charge is 0.550 e. The molecule has 0 saturated carbocycles. The Morgan fingerprint density at radius 3 is 2.70 bits per heavy atom. The Labute approximate surface area is 204 Å². The molecule has 0 aromatic rings. The first kappa shape index (κ1) is 27.9. The largest absolute Gasteiger partial charge is 1.00 e. The van der Waals surface area contributed by atoms with Crippen LogP contribution in [0.5, 0.6) is 0 Å². The number of aliphatic carboxylic acids is 1. The van der Waals surface area contributed by atoms with Crippen molar-refractivity contribution >= 4 is 5.97 Å². The summed E-state index contributed by atoms with van der Waals surface area (Å²) < 4.78 is 6.41. The number of ether oxygens (including phenoxy) is 1. The molecule has 0 fully saturated rings. The number of carbonyl (C=O) groups excluding carboxylic acids is 1. The molecule has 5 nitrogen and oxygen atoms in total.